The Balaban J connectivity index is 2.04. The van der Waals surface area contributed by atoms with Crippen molar-refractivity contribution in [1.82, 2.24) is 14.8 Å². The highest BCUT2D eigenvalue weighted by atomic mass is 79.9. The van der Waals surface area contributed by atoms with Gasteiger partial charge in [0.2, 0.25) is 0 Å². The third-order valence-electron chi connectivity index (χ3n) is 2.21. The maximum absolute atomic E-state index is 4.32. The molecule has 0 aromatic carbocycles. The zero-order valence-corrected chi connectivity index (χ0v) is 11.5. The Morgan fingerprint density at radius 1 is 1.56 bits per heavy atom. The Morgan fingerprint density at radius 2 is 2.38 bits per heavy atom. The molecule has 2 aromatic rings. The molecule has 1 atom stereocenters. The molecule has 2 heterocycles. The first-order valence-corrected chi connectivity index (χ1v) is 6.70. The van der Waals surface area contributed by atoms with E-state index in [9.17, 15) is 0 Å². The molecule has 1 unspecified atom stereocenters. The summed E-state index contributed by atoms with van der Waals surface area (Å²) in [6.07, 6.45) is 5.66. The van der Waals surface area contributed by atoms with Crippen LogP contribution in [-0.4, -0.2) is 14.8 Å². The Bertz CT molecular complexity index is 465. The number of thiazole rings is 1. The third-order valence-corrected chi connectivity index (χ3v) is 3.87. The average Bonchev–Trinajstić information content (AvgIpc) is 2.87. The van der Waals surface area contributed by atoms with Crippen LogP contribution in [0.4, 0.5) is 5.69 Å². The molecule has 0 bridgehead atoms. The van der Waals surface area contributed by atoms with Crippen LogP contribution in [0.15, 0.2) is 22.4 Å². The molecule has 0 aliphatic rings. The van der Waals surface area contributed by atoms with E-state index in [1.54, 1.807) is 11.3 Å². The largest absolute Gasteiger partial charge is 0.374 e. The van der Waals surface area contributed by atoms with Crippen molar-refractivity contribution in [2.24, 2.45) is 0 Å². The first-order valence-electron chi connectivity index (χ1n) is 5.09. The van der Waals surface area contributed by atoms with Crippen LogP contribution in [0.25, 0.3) is 0 Å². The molecule has 1 N–H and O–H groups in total. The summed E-state index contributed by atoms with van der Waals surface area (Å²) in [5, 5.41) is 8.65. The monoisotopic (exact) mass is 300 g/mol. The van der Waals surface area contributed by atoms with Crippen LogP contribution in [0.3, 0.4) is 0 Å². The smallest absolute Gasteiger partial charge is 0.116 e. The van der Waals surface area contributed by atoms with Crippen molar-refractivity contribution in [3.8, 4) is 0 Å². The summed E-state index contributed by atoms with van der Waals surface area (Å²) in [6, 6.07) is 0.200. The van der Waals surface area contributed by atoms with Crippen molar-refractivity contribution in [2.45, 2.75) is 26.4 Å². The van der Waals surface area contributed by atoms with Gasteiger partial charge in [-0.15, -0.1) is 11.3 Å². The van der Waals surface area contributed by atoms with Crippen LogP contribution in [0.2, 0.25) is 0 Å². The summed E-state index contributed by atoms with van der Waals surface area (Å²) < 4.78 is 2.95. The average molecular weight is 301 g/mol. The maximum Gasteiger partial charge on any atom is 0.116 e. The van der Waals surface area contributed by atoms with E-state index in [1.165, 1.54) is 0 Å². The number of nitrogens with zero attached hydrogens (tertiary/aromatic N) is 3. The Labute approximate surface area is 107 Å². The van der Waals surface area contributed by atoms with Gasteiger partial charge in [-0.2, -0.15) is 5.10 Å². The lowest BCUT2D eigenvalue weighted by molar-refractivity contribution is 0.660. The second-order valence-corrected chi connectivity index (χ2v) is 5.89. The zero-order chi connectivity index (χ0) is 11.5. The van der Waals surface area contributed by atoms with Gasteiger partial charge in [-0.3, -0.25) is 4.68 Å². The van der Waals surface area contributed by atoms with Gasteiger partial charge in [0, 0.05) is 12.7 Å². The van der Waals surface area contributed by atoms with Gasteiger partial charge in [0.1, 0.15) is 5.01 Å². The lowest BCUT2D eigenvalue weighted by atomic mass is 10.3. The molecule has 6 heteroatoms. The molecule has 0 amide bonds. The Kier molecular flexibility index (Phi) is 3.60. The van der Waals surface area contributed by atoms with Gasteiger partial charge >= 0.3 is 0 Å². The number of aryl methyl sites for hydroxylation is 1. The SMILES string of the molecule is CCn1cc(NC(C)c2ncc(Br)s2)cn1. The Morgan fingerprint density at radius 3 is 2.94 bits per heavy atom. The predicted octanol–water partition coefficient (Wildman–Crippen LogP) is 3.30. The summed E-state index contributed by atoms with van der Waals surface area (Å²) in [5.74, 6) is 0. The summed E-state index contributed by atoms with van der Waals surface area (Å²) >= 11 is 5.06. The van der Waals surface area contributed by atoms with Gasteiger partial charge in [-0.1, -0.05) is 0 Å². The minimum absolute atomic E-state index is 0.200. The van der Waals surface area contributed by atoms with E-state index in [-0.39, 0.29) is 6.04 Å². The van der Waals surface area contributed by atoms with Crippen molar-refractivity contribution in [3.63, 3.8) is 0 Å². The van der Waals surface area contributed by atoms with Crippen LogP contribution in [0.1, 0.15) is 24.9 Å². The van der Waals surface area contributed by atoms with E-state index < -0.39 is 0 Å². The number of nitrogens with one attached hydrogen (secondary N) is 1. The van der Waals surface area contributed by atoms with Gasteiger partial charge in [-0.25, -0.2) is 4.98 Å². The second-order valence-electron chi connectivity index (χ2n) is 3.45. The van der Waals surface area contributed by atoms with E-state index in [1.807, 2.05) is 23.3 Å². The van der Waals surface area contributed by atoms with Gasteiger partial charge in [0.05, 0.1) is 27.9 Å². The number of anilines is 1. The van der Waals surface area contributed by atoms with Gasteiger partial charge < -0.3 is 5.32 Å². The molecule has 0 fully saturated rings. The van der Waals surface area contributed by atoms with E-state index in [2.05, 4.69) is 45.2 Å². The molecule has 2 rings (SSSR count). The highest BCUT2D eigenvalue weighted by Gasteiger charge is 2.10. The molecule has 16 heavy (non-hydrogen) atoms. The van der Waals surface area contributed by atoms with Gasteiger partial charge in [0.15, 0.2) is 0 Å². The number of rotatable bonds is 4. The minimum atomic E-state index is 0.200. The molecule has 4 nitrogen and oxygen atoms in total. The minimum Gasteiger partial charge on any atom is -0.374 e. The second kappa shape index (κ2) is 4.97. The lowest BCUT2D eigenvalue weighted by Gasteiger charge is -2.09. The van der Waals surface area contributed by atoms with E-state index in [0.717, 1.165) is 21.0 Å². The number of hydrogen-bond acceptors (Lipinski definition) is 4. The molecule has 2 aromatic heterocycles. The van der Waals surface area contributed by atoms with Crippen molar-refractivity contribution in [1.29, 1.82) is 0 Å². The molecule has 0 aliphatic carbocycles. The van der Waals surface area contributed by atoms with Gasteiger partial charge in [-0.05, 0) is 29.8 Å². The fraction of sp³-hybridized carbons (Fsp3) is 0.400. The zero-order valence-electron chi connectivity index (χ0n) is 9.14. The Hall–Kier alpha value is -0.880. The predicted molar refractivity (Wildman–Crippen MR) is 69.8 cm³/mol. The van der Waals surface area contributed by atoms with E-state index in [0.29, 0.717) is 0 Å². The maximum atomic E-state index is 4.32. The highest BCUT2D eigenvalue weighted by Crippen LogP contribution is 2.26. The molecule has 0 saturated heterocycles. The summed E-state index contributed by atoms with van der Waals surface area (Å²) in [4.78, 5) is 4.32. The summed E-state index contributed by atoms with van der Waals surface area (Å²) in [6.45, 7) is 5.05. The summed E-state index contributed by atoms with van der Waals surface area (Å²) in [5.41, 5.74) is 1.03. The van der Waals surface area contributed by atoms with Crippen LogP contribution >= 0.6 is 27.3 Å². The first-order chi connectivity index (χ1) is 7.69. The molecular formula is C10H13BrN4S. The standard InChI is InChI=1S/C10H13BrN4S/c1-3-15-6-8(4-13-15)14-7(2)10-12-5-9(11)16-10/h4-7,14H,3H2,1-2H3. The fourth-order valence-corrected chi connectivity index (χ4v) is 2.64. The fourth-order valence-electron chi connectivity index (χ4n) is 1.39. The van der Waals surface area contributed by atoms with Crippen LogP contribution in [0.5, 0.6) is 0 Å². The van der Waals surface area contributed by atoms with Crippen LogP contribution in [0, 0.1) is 0 Å². The van der Waals surface area contributed by atoms with Crippen molar-refractivity contribution in [2.75, 3.05) is 5.32 Å². The van der Waals surface area contributed by atoms with Crippen molar-refractivity contribution < 1.29 is 0 Å². The normalized spacial score (nSPS) is 12.7. The van der Waals surface area contributed by atoms with Crippen LogP contribution < -0.4 is 5.32 Å². The topological polar surface area (TPSA) is 42.7 Å². The van der Waals surface area contributed by atoms with Crippen molar-refractivity contribution >= 4 is 33.0 Å². The molecule has 0 spiro atoms. The number of hydrogen-bond donors (Lipinski definition) is 1. The quantitative estimate of drug-likeness (QED) is 0.942. The van der Waals surface area contributed by atoms with Gasteiger partial charge in [0.25, 0.3) is 0 Å². The van der Waals surface area contributed by atoms with E-state index in [4.69, 9.17) is 0 Å². The number of aromatic nitrogens is 3. The molecule has 0 radical (unpaired) electrons. The molecule has 86 valence electrons. The highest BCUT2D eigenvalue weighted by molar-refractivity contribution is 9.11. The molecule has 0 saturated carbocycles. The van der Waals surface area contributed by atoms with Crippen LogP contribution in [-0.2, 0) is 6.54 Å². The molecule has 0 aliphatic heterocycles. The molecular weight excluding hydrogens is 288 g/mol. The van der Waals surface area contributed by atoms with E-state index >= 15 is 0 Å². The third kappa shape index (κ3) is 2.62. The first kappa shape index (κ1) is 11.6. The number of halogens is 1. The summed E-state index contributed by atoms with van der Waals surface area (Å²) in [7, 11) is 0. The lowest BCUT2D eigenvalue weighted by Crippen LogP contribution is -2.05. The van der Waals surface area contributed by atoms with Crippen molar-refractivity contribution in [3.05, 3.63) is 27.4 Å².